The molecule has 0 spiro atoms. The number of nitrogens with one attached hydrogen (secondary N) is 1. The molecule has 3 heteroatoms. The summed E-state index contributed by atoms with van der Waals surface area (Å²) in [6, 6.07) is 1.78. The Labute approximate surface area is 90.9 Å². The predicted octanol–water partition coefficient (Wildman–Crippen LogP) is 2.82. The Bertz CT molecular complexity index is 328. The van der Waals surface area contributed by atoms with Gasteiger partial charge in [-0.3, -0.25) is 4.79 Å². The molecule has 0 aromatic carbocycles. The molecule has 0 aliphatic rings. The van der Waals surface area contributed by atoms with E-state index in [1.807, 2.05) is 13.8 Å². The maximum Gasteiger partial charge on any atom is 0.254 e. The van der Waals surface area contributed by atoms with E-state index in [1.165, 1.54) is 6.42 Å². The molecule has 1 aromatic heterocycles. The Morgan fingerprint density at radius 3 is 2.67 bits per heavy atom. The van der Waals surface area contributed by atoms with Gasteiger partial charge in [0.25, 0.3) is 5.91 Å². The van der Waals surface area contributed by atoms with Crippen molar-refractivity contribution < 1.29 is 9.21 Å². The Kier molecular flexibility index (Phi) is 4.40. The summed E-state index contributed by atoms with van der Waals surface area (Å²) < 4.78 is 5.30. The highest BCUT2D eigenvalue weighted by Crippen LogP contribution is 2.13. The fourth-order valence-corrected chi connectivity index (χ4v) is 1.53. The van der Waals surface area contributed by atoms with Gasteiger partial charge >= 0.3 is 0 Å². The predicted molar refractivity (Wildman–Crippen MR) is 60.0 cm³/mol. The van der Waals surface area contributed by atoms with Crippen LogP contribution in [0.3, 0.4) is 0 Å². The molecule has 0 fully saturated rings. The third kappa shape index (κ3) is 3.42. The van der Waals surface area contributed by atoms with E-state index in [0.717, 1.165) is 25.1 Å². The van der Waals surface area contributed by atoms with Crippen molar-refractivity contribution in [3.63, 3.8) is 0 Å². The Hall–Kier alpha value is -1.25. The van der Waals surface area contributed by atoms with Crippen LogP contribution in [-0.4, -0.2) is 12.5 Å². The van der Waals surface area contributed by atoms with Crippen molar-refractivity contribution in [2.24, 2.45) is 0 Å². The molecule has 0 radical (unpaired) electrons. The minimum atomic E-state index is -0.0274. The maximum atomic E-state index is 11.7. The normalized spacial score (nSPS) is 10.3. The van der Waals surface area contributed by atoms with E-state index >= 15 is 0 Å². The number of hydrogen-bond acceptors (Lipinski definition) is 2. The van der Waals surface area contributed by atoms with E-state index in [-0.39, 0.29) is 5.91 Å². The van der Waals surface area contributed by atoms with Crippen LogP contribution in [0.15, 0.2) is 10.5 Å². The number of amides is 1. The number of aryl methyl sites for hydroxylation is 2. The highest BCUT2D eigenvalue weighted by atomic mass is 16.3. The van der Waals surface area contributed by atoms with Gasteiger partial charge < -0.3 is 9.73 Å². The molecule has 1 rings (SSSR count). The summed E-state index contributed by atoms with van der Waals surface area (Å²) in [5.41, 5.74) is 0.656. The van der Waals surface area contributed by atoms with Gasteiger partial charge in [-0.1, -0.05) is 19.8 Å². The molecule has 1 amide bonds. The average molecular weight is 209 g/mol. The van der Waals surface area contributed by atoms with Crippen LogP contribution in [-0.2, 0) is 0 Å². The van der Waals surface area contributed by atoms with Crippen molar-refractivity contribution in [2.75, 3.05) is 6.54 Å². The lowest BCUT2D eigenvalue weighted by atomic mass is 10.2. The summed E-state index contributed by atoms with van der Waals surface area (Å²) in [6.45, 7) is 6.55. The summed E-state index contributed by atoms with van der Waals surface area (Å²) in [5, 5.41) is 2.89. The molecule has 1 heterocycles. The zero-order valence-corrected chi connectivity index (χ0v) is 9.72. The highest BCUT2D eigenvalue weighted by molar-refractivity contribution is 5.95. The van der Waals surface area contributed by atoms with Crippen molar-refractivity contribution >= 4 is 5.91 Å². The molecule has 15 heavy (non-hydrogen) atoms. The van der Waals surface area contributed by atoms with Gasteiger partial charge in [0.05, 0.1) is 5.56 Å². The molecule has 0 aliphatic carbocycles. The van der Waals surface area contributed by atoms with Gasteiger partial charge in [-0.05, 0) is 26.3 Å². The summed E-state index contributed by atoms with van der Waals surface area (Å²) >= 11 is 0. The van der Waals surface area contributed by atoms with Gasteiger partial charge in [-0.2, -0.15) is 0 Å². The molecule has 0 saturated carbocycles. The van der Waals surface area contributed by atoms with Gasteiger partial charge in [-0.15, -0.1) is 0 Å². The molecule has 1 aromatic rings. The average Bonchev–Trinajstić information content (AvgIpc) is 2.52. The lowest BCUT2D eigenvalue weighted by molar-refractivity contribution is 0.0951. The smallest absolute Gasteiger partial charge is 0.254 e. The van der Waals surface area contributed by atoms with Crippen molar-refractivity contribution in [3.8, 4) is 0 Å². The molecular formula is C12H19NO2. The monoisotopic (exact) mass is 209 g/mol. The van der Waals surface area contributed by atoms with Gasteiger partial charge in [-0.25, -0.2) is 0 Å². The van der Waals surface area contributed by atoms with E-state index < -0.39 is 0 Å². The zero-order valence-electron chi connectivity index (χ0n) is 9.72. The van der Waals surface area contributed by atoms with E-state index in [4.69, 9.17) is 4.42 Å². The van der Waals surface area contributed by atoms with Crippen molar-refractivity contribution in [1.29, 1.82) is 0 Å². The van der Waals surface area contributed by atoms with Crippen LogP contribution in [0.2, 0.25) is 0 Å². The standard InChI is InChI=1S/C12H19NO2/c1-4-5-6-7-13-12(14)11-8-9(2)15-10(11)3/h8H,4-7H2,1-3H3,(H,13,14). The largest absolute Gasteiger partial charge is 0.466 e. The number of carbonyl (C=O) groups excluding carboxylic acids is 1. The second-order valence-electron chi connectivity index (χ2n) is 3.79. The first-order valence-corrected chi connectivity index (χ1v) is 5.50. The molecule has 0 unspecified atom stereocenters. The molecule has 0 saturated heterocycles. The van der Waals surface area contributed by atoms with Gasteiger partial charge in [0.15, 0.2) is 0 Å². The number of unbranched alkanes of at least 4 members (excludes halogenated alkanes) is 2. The second-order valence-corrected chi connectivity index (χ2v) is 3.79. The highest BCUT2D eigenvalue weighted by Gasteiger charge is 2.12. The molecule has 0 aliphatic heterocycles. The van der Waals surface area contributed by atoms with Crippen LogP contribution >= 0.6 is 0 Å². The number of furan rings is 1. The molecular weight excluding hydrogens is 190 g/mol. The summed E-state index contributed by atoms with van der Waals surface area (Å²) in [6.07, 6.45) is 3.36. The fraction of sp³-hybridized carbons (Fsp3) is 0.583. The van der Waals surface area contributed by atoms with E-state index in [2.05, 4.69) is 12.2 Å². The Balaban J connectivity index is 2.43. The zero-order chi connectivity index (χ0) is 11.3. The first kappa shape index (κ1) is 11.8. The third-order valence-corrected chi connectivity index (χ3v) is 2.35. The minimum absolute atomic E-state index is 0.0274. The first-order chi connectivity index (χ1) is 7.15. The quantitative estimate of drug-likeness (QED) is 0.758. The topological polar surface area (TPSA) is 42.2 Å². The summed E-state index contributed by atoms with van der Waals surface area (Å²) in [7, 11) is 0. The van der Waals surface area contributed by atoms with Gasteiger partial charge in [0.2, 0.25) is 0 Å². The minimum Gasteiger partial charge on any atom is -0.466 e. The number of hydrogen-bond donors (Lipinski definition) is 1. The van der Waals surface area contributed by atoms with Gasteiger partial charge in [0.1, 0.15) is 11.5 Å². The van der Waals surface area contributed by atoms with Crippen molar-refractivity contribution in [3.05, 3.63) is 23.2 Å². The van der Waals surface area contributed by atoms with E-state index in [9.17, 15) is 4.79 Å². The lowest BCUT2D eigenvalue weighted by Crippen LogP contribution is -2.24. The third-order valence-electron chi connectivity index (χ3n) is 2.35. The van der Waals surface area contributed by atoms with Crippen LogP contribution in [0, 0.1) is 13.8 Å². The number of rotatable bonds is 5. The molecule has 1 N–H and O–H groups in total. The lowest BCUT2D eigenvalue weighted by Gasteiger charge is -2.02. The summed E-state index contributed by atoms with van der Waals surface area (Å²) in [4.78, 5) is 11.7. The molecule has 84 valence electrons. The summed E-state index contributed by atoms with van der Waals surface area (Å²) in [5.74, 6) is 1.45. The van der Waals surface area contributed by atoms with E-state index in [0.29, 0.717) is 11.3 Å². The van der Waals surface area contributed by atoms with Crippen LogP contribution in [0.1, 0.15) is 48.1 Å². The first-order valence-electron chi connectivity index (χ1n) is 5.50. The Morgan fingerprint density at radius 1 is 1.40 bits per heavy atom. The molecule has 0 bridgehead atoms. The van der Waals surface area contributed by atoms with Crippen LogP contribution in [0.4, 0.5) is 0 Å². The maximum absolute atomic E-state index is 11.7. The van der Waals surface area contributed by atoms with Crippen LogP contribution < -0.4 is 5.32 Å². The molecule has 3 nitrogen and oxygen atoms in total. The van der Waals surface area contributed by atoms with E-state index in [1.54, 1.807) is 6.07 Å². The van der Waals surface area contributed by atoms with Crippen LogP contribution in [0.25, 0.3) is 0 Å². The SMILES string of the molecule is CCCCCNC(=O)c1cc(C)oc1C. The van der Waals surface area contributed by atoms with Gasteiger partial charge in [0, 0.05) is 6.54 Å². The Morgan fingerprint density at radius 2 is 2.13 bits per heavy atom. The van der Waals surface area contributed by atoms with Crippen molar-refractivity contribution in [1.82, 2.24) is 5.32 Å². The van der Waals surface area contributed by atoms with Crippen molar-refractivity contribution in [2.45, 2.75) is 40.0 Å². The number of carbonyl (C=O) groups is 1. The molecule has 0 atom stereocenters. The second kappa shape index (κ2) is 5.59. The van der Waals surface area contributed by atoms with Crippen LogP contribution in [0.5, 0.6) is 0 Å². The fourth-order valence-electron chi connectivity index (χ4n) is 1.53.